The fourth-order valence-electron chi connectivity index (χ4n) is 4.35. The first kappa shape index (κ1) is 23.8. The van der Waals surface area contributed by atoms with E-state index in [-0.39, 0.29) is 17.7 Å². The molecule has 182 valence electrons. The number of anilines is 1. The molecule has 5 rings (SSSR count). The SMILES string of the molecule is Cc1ccc(NC(=O)C2CCN(C(=O)c3cn(-c4ccccc4)nc3-c3ccc(Cl)cc3)CC2)nc1. The average molecular weight is 500 g/mol. The third-order valence-corrected chi connectivity index (χ3v) is 6.65. The normalized spacial score (nSPS) is 14.0. The maximum absolute atomic E-state index is 13.6. The minimum Gasteiger partial charge on any atom is -0.338 e. The molecule has 7 nitrogen and oxygen atoms in total. The molecule has 1 aliphatic heterocycles. The molecule has 1 aliphatic rings. The summed E-state index contributed by atoms with van der Waals surface area (Å²) in [7, 11) is 0. The van der Waals surface area contributed by atoms with Crippen molar-refractivity contribution in [2.75, 3.05) is 18.4 Å². The highest BCUT2D eigenvalue weighted by molar-refractivity contribution is 6.30. The van der Waals surface area contributed by atoms with E-state index in [1.165, 1.54) is 0 Å². The standard InChI is InChI=1S/C28H26ClN5O2/c1-19-7-12-25(30-17-19)31-27(35)21-13-15-33(16-14-21)28(36)24-18-34(23-5-3-2-4-6-23)32-26(24)20-8-10-22(29)11-9-20/h2-12,17-18,21H,13-16H2,1H3,(H,30,31,35). The fourth-order valence-corrected chi connectivity index (χ4v) is 4.48. The van der Waals surface area contributed by atoms with E-state index >= 15 is 0 Å². The van der Waals surface area contributed by atoms with Crippen LogP contribution in [0.5, 0.6) is 0 Å². The number of rotatable bonds is 5. The van der Waals surface area contributed by atoms with Gasteiger partial charge in [-0.05, 0) is 55.7 Å². The van der Waals surface area contributed by atoms with Crippen LogP contribution < -0.4 is 5.32 Å². The van der Waals surface area contributed by atoms with Crippen LogP contribution in [0.1, 0.15) is 28.8 Å². The number of aromatic nitrogens is 3. The maximum atomic E-state index is 13.6. The molecular weight excluding hydrogens is 474 g/mol. The molecule has 0 radical (unpaired) electrons. The van der Waals surface area contributed by atoms with E-state index in [1.54, 1.807) is 40.2 Å². The Bertz CT molecular complexity index is 1360. The van der Waals surface area contributed by atoms with Gasteiger partial charge in [0.2, 0.25) is 5.91 Å². The van der Waals surface area contributed by atoms with E-state index in [0.29, 0.717) is 48.0 Å². The summed E-state index contributed by atoms with van der Waals surface area (Å²) >= 11 is 6.08. The van der Waals surface area contributed by atoms with Gasteiger partial charge in [0.25, 0.3) is 5.91 Å². The Morgan fingerprint density at radius 3 is 2.36 bits per heavy atom. The van der Waals surface area contributed by atoms with Crippen molar-refractivity contribution in [2.24, 2.45) is 5.92 Å². The number of benzene rings is 2. The van der Waals surface area contributed by atoms with Gasteiger partial charge < -0.3 is 10.2 Å². The second-order valence-corrected chi connectivity index (χ2v) is 9.39. The van der Waals surface area contributed by atoms with Gasteiger partial charge in [0.05, 0.1) is 11.3 Å². The lowest BCUT2D eigenvalue weighted by Crippen LogP contribution is -2.41. The highest BCUT2D eigenvalue weighted by atomic mass is 35.5. The van der Waals surface area contributed by atoms with Crippen molar-refractivity contribution in [3.05, 3.63) is 95.3 Å². The molecule has 0 atom stereocenters. The lowest BCUT2D eigenvalue weighted by molar-refractivity contribution is -0.121. The number of carbonyl (C=O) groups is 2. The van der Waals surface area contributed by atoms with Crippen LogP contribution in [0.15, 0.2) is 79.1 Å². The quantitative estimate of drug-likeness (QED) is 0.399. The van der Waals surface area contributed by atoms with Gasteiger partial charge in [0.15, 0.2) is 0 Å². The van der Waals surface area contributed by atoms with E-state index in [0.717, 1.165) is 16.8 Å². The van der Waals surface area contributed by atoms with Crippen molar-refractivity contribution in [1.29, 1.82) is 0 Å². The Balaban J connectivity index is 1.33. The molecule has 2 aromatic carbocycles. The lowest BCUT2D eigenvalue weighted by atomic mass is 9.95. The Hall–Kier alpha value is -3.97. The molecule has 0 bridgehead atoms. The minimum absolute atomic E-state index is 0.0581. The summed E-state index contributed by atoms with van der Waals surface area (Å²) in [6, 6.07) is 20.7. The van der Waals surface area contributed by atoms with Crippen molar-refractivity contribution in [1.82, 2.24) is 19.7 Å². The molecule has 0 saturated carbocycles. The molecular formula is C28H26ClN5O2. The molecule has 1 fully saturated rings. The van der Waals surface area contributed by atoms with Crippen LogP contribution in [0.3, 0.4) is 0 Å². The maximum Gasteiger partial charge on any atom is 0.257 e. The summed E-state index contributed by atoms with van der Waals surface area (Å²) in [4.78, 5) is 32.4. The van der Waals surface area contributed by atoms with Crippen LogP contribution in [0.2, 0.25) is 5.02 Å². The van der Waals surface area contributed by atoms with E-state index < -0.39 is 0 Å². The molecule has 0 spiro atoms. The van der Waals surface area contributed by atoms with E-state index in [2.05, 4.69) is 10.3 Å². The van der Waals surface area contributed by atoms with Gasteiger partial charge in [-0.25, -0.2) is 9.67 Å². The van der Waals surface area contributed by atoms with Crippen LogP contribution in [0.4, 0.5) is 5.82 Å². The number of carbonyl (C=O) groups excluding carboxylic acids is 2. The van der Waals surface area contributed by atoms with Gasteiger partial charge in [-0.3, -0.25) is 9.59 Å². The fraction of sp³-hybridized carbons (Fsp3) is 0.214. The number of hydrogen-bond donors (Lipinski definition) is 1. The summed E-state index contributed by atoms with van der Waals surface area (Å²) in [5.41, 5.74) is 3.84. The van der Waals surface area contributed by atoms with Gasteiger partial charge in [-0.15, -0.1) is 0 Å². The Morgan fingerprint density at radius 1 is 0.972 bits per heavy atom. The number of likely N-dealkylation sites (tertiary alicyclic amines) is 1. The Labute approximate surface area is 214 Å². The monoisotopic (exact) mass is 499 g/mol. The number of nitrogens with zero attached hydrogens (tertiary/aromatic N) is 4. The number of nitrogens with one attached hydrogen (secondary N) is 1. The van der Waals surface area contributed by atoms with Crippen molar-refractivity contribution in [3.63, 3.8) is 0 Å². The summed E-state index contributed by atoms with van der Waals surface area (Å²) in [6.45, 7) is 2.94. The summed E-state index contributed by atoms with van der Waals surface area (Å²) in [6.07, 6.45) is 4.69. The second kappa shape index (κ2) is 10.3. The zero-order chi connectivity index (χ0) is 25.1. The van der Waals surface area contributed by atoms with Gasteiger partial charge >= 0.3 is 0 Å². The van der Waals surface area contributed by atoms with Crippen molar-refractivity contribution >= 4 is 29.2 Å². The predicted octanol–water partition coefficient (Wildman–Crippen LogP) is 5.39. The van der Waals surface area contributed by atoms with E-state index in [9.17, 15) is 9.59 Å². The lowest BCUT2D eigenvalue weighted by Gasteiger charge is -2.31. The third kappa shape index (κ3) is 5.16. The summed E-state index contributed by atoms with van der Waals surface area (Å²) < 4.78 is 1.73. The molecule has 1 saturated heterocycles. The molecule has 36 heavy (non-hydrogen) atoms. The number of para-hydroxylation sites is 1. The largest absolute Gasteiger partial charge is 0.338 e. The van der Waals surface area contributed by atoms with Gasteiger partial charge in [0.1, 0.15) is 11.5 Å². The predicted molar refractivity (Wildman–Crippen MR) is 140 cm³/mol. The smallest absolute Gasteiger partial charge is 0.257 e. The highest BCUT2D eigenvalue weighted by Gasteiger charge is 2.30. The zero-order valence-electron chi connectivity index (χ0n) is 19.9. The summed E-state index contributed by atoms with van der Waals surface area (Å²) in [5, 5.41) is 8.26. The Kier molecular flexibility index (Phi) is 6.82. The molecule has 3 heterocycles. The second-order valence-electron chi connectivity index (χ2n) is 8.95. The zero-order valence-corrected chi connectivity index (χ0v) is 20.7. The van der Waals surface area contributed by atoms with Crippen molar-refractivity contribution in [2.45, 2.75) is 19.8 Å². The van der Waals surface area contributed by atoms with Gasteiger partial charge in [-0.1, -0.05) is 48.0 Å². The first-order valence-electron chi connectivity index (χ1n) is 11.9. The first-order valence-corrected chi connectivity index (χ1v) is 12.3. The van der Waals surface area contributed by atoms with Crippen molar-refractivity contribution in [3.8, 4) is 16.9 Å². The summed E-state index contributed by atoms with van der Waals surface area (Å²) in [5.74, 6) is 0.225. The first-order chi connectivity index (χ1) is 17.5. The number of piperidine rings is 1. The molecule has 2 amide bonds. The van der Waals surface area contributed by atoms with E-state index in [4.69, 9.17) is 16.7 Å². The molecule has 4 aromatic rings. The number of pyridine rings is 1. The number of aryl methyl sites for hydroxylation is 1. The van der Waals surface area contributed by atoms with Crippen LogP contribution >= 0.6 is 11.6 Å². The molecule has 0 unspecified atom stereocenters. The highest BCUT2D eigenvalue weighted by Crippen LogP contribution is 2.28. The Morgan fingerprint density at radius 2 is 1.69 bits per heavy atom. The topological polar surface area (TPSA) is 80.1 Å². The third-order valence-electron chi connectivity index (χ3n) is 6.40. The van der Waals surface area contributed by atoms with Crippen molar-refractivity contribution < 1.29 is 9.59 Å². The van der Waals surface area contributed by atoms with Crippen LogP contribution in [0.25, 0.3) is 16.9 Å². The van der Waals surface area contributed by atoms with Gasteiger partial charge in [0, 0.05) is 42.0 Å². The van der Waals surface area contributed by atoms with Crippen LogP contribution in [-0.2, 0) is 4.79 Å². The minimum atomic E-state index is -0.167. The molecule has 2 aromatic heterocycles. The van der Waals surface area contributed by atoms with Crippen LogP contribution in [-0.4, -0.2) is 44.6 Å². The van der Waals surface area contributed by atoms with Crippen LogP contribution in [0, 0.1) is 12.8 Å². The average Bonchev–Trinajstić information content (AvgIpc) is 3.36. The van der Waals surface area contributed by atoms with E-state index in [1.807, 2.05) is 55.5 Å². The number of hydrogen-bond acceptors (Lipinski definition) is 4. The molecule has 0 aliphatic carbocycles. The van der Waals surface area contributed by atoms with Gasteiger partial charge in [-0.2, -0.15) is 5.10 Å². The number of halogens is 1. The molecule has 8 heteroatoms. The molecule has 1 N–H and O–H groups in total. The number of amides is 2.